The monoisotopic (exact) mass is 415 g/mol. The zero-order valence-corrected chi connectivity index (χ0v) is 19.9. The molecule has 0 bridgehead atoms. The molecule has 31 heavy (non-hydrogen) atoms. The minimum Gasteiger partial charge on any atom is -0.556 e. The average molecular weight is 415 g/mol. The van der Waals surface area contributed by atoms with E-state index in [-0.39, 0.29) is 19.2 Å². The van der Waals surface area contributed by atoms with Gasteiger partial charge >= 0.3 is 7.05 Å². The van der Waals surface area contributed by atoms with Gasteiger partial charge in [-0.05, 0) is 12.0 Å². The molecule has 1 aliphatic rings. The van der Waals surface area contributed by atoms with E-state index in [2.05, 4.69) is 99.9 Å². The normalized spacial score (nSPS) is 21.0. The molecule has 2 nitrogen and oxygen atoms in total. The van der Waals surface area contributed by atoms with Crippen molar-refractivity contribution >= 4 is 13.3 Å². The lowest BCUT2D eigenvalue weighted by molar-refractivity contribution is -0.710. The number of rotatable bonds is 9. The molecular formula is C27H39B2NO. The van der Waals surface area contributed by atoms with Crippen molar-refractivity contribution < 1.29 is 9.38 Å². The smallest absolute Gasteiger partial charge is 0.528 e. The zero-order chi connectivity index (χ0) is 22.1. The molecule has 2 aromatic rings. The standard InChI is InChI=1S/C27H39B2NO/c1-5-7-9-10-17-23-29(3,4)30-26(24-18-13-11-14-19-24)27(25-20-15-12-16-21-25)31-28(30)22-8-6-2/h11-16,18-21,26-27,30H,5-10,22H2,1-4H3/t26-,27+/m0/s1. The molecule has 2 aromatic carbocycles. The van der Waals surface area contributed by atoms with Crippen LogP contribution >= 0.6 is 0 Å². The first-order chi connectivity index (χ1) is 15.1. The van der Waals surface area contributed by atoms with Gasteiger partial charge in [0.15, 0.2) is 0 Å². The first-order valence-corrected chi connectivity index (χ1v) is 12.4. The Balaban J connectivity index is 1.99. The summed E-state index contributed by atoms with van der Waals surface area (Å²) in [5.74, 6) is 7.28. The maximum Gasteiger partial charge on any atom is 0.528 e. The molecule has 164 valence electrons. The van der Waals surface area contributed by atoms with E-state index in [1.807, 2.05) is 0 Å². The van der Waals surface area contributed by atoms with Gasteiger partial charge in [-0.15, -0.1) is 19.6 Å². The van der Waals surface area contributed by atoms with E-state index in [0.29, 0.717) is 0 Å². The Morgan fingerprint density at radius 3 is 2.10 bits per heavy atom. The van der Waals surface area contributed by atoms with E-state index in [1.54, 1.807) is 0 Å². The zero-order valence-electron chi connectivity index (χ0n) is 19.9. The number of quaternary nitrogens is 1. The summed E-state index contributed by atoms with van der Waals surface area (Å²) in [6.07, 6.45) is 7.27. The molecule has 4 heteroatoms. The lowest BCUT2D eigenvalue weighted by atomic mass is 9.34. The minimum absolute atomic E-state index is 0.0588. The maximum absolute atomic E-state index is 6.87. The second-order valence-corrected chi connectivity index (χ2v) is 9.64. The molecule has 3 atom stereocenters. The maximum atomic E-state index is 6.87. The van der Waals surface area contributed by atoms with E-state index >= 15 is 0 Å². The van der Waals surface area contributed by atoms with Crippen LogP contribution in [-0.2, 0) is 4.65 Å². The van der Waals surface area contributed by atoms with Crippen LogP contribution in [0.25, 0.3) is 0 Å². The fraction of sp³-hybridized carbons (Fsp3) is 0.481. The number of nitrogens with one attached hydrogen (secondary N) is 1. The number of hydrogen-bond acceptors (Lipinski definition) is 1. The van der Waals surface area contributed by atoms with Crippen LogP contribution in [0.4, 0.5) is 0 Å². The first-order valence-electron chi connectivity index (χ1n) is 12.4. The third-order valence-corrected chi connectivity index (χ3v) is 6.65. The Morgan fingerprint density at radius 1 is 0.871 bits per heavy atom. The third-order valence-electron chi connectivity index (χ3n) is 6.65. The van der Waals surface area contributed by atoms with Gasteiger partial charge in [-0.1, -0.05) is 100 Å². The Morgan fingerprint density at radius 2 is 1.48 bits per heavy atom. The fourth-order valence-electron chi connectivity index (χ4n) is 5.06. The van der Waals surface area contributed by atoms with Gasteiger partial charge in [0.25, 0.3) is 6.28 Å². The summed E-state index contributed by atoms with van der Waals surface area (Å²) in [6.45, 7) is 9.25. The van der Waals surface area contributed by atoms with Gasteiger partial charge in [0.05, 0.1) is 6.04 Å². The summed E-state index contributed by atoms with van der Waals surface area (Å²) in [4.78, 5) is 0. The topological polar surface area (TPSA) is 13.7 Å². The van der Waals surface area contributed by atoms with Crippen LogP contribution in [0.1, 0.15) is 75.6 Å². The molecule has 0 amide bonds. The van der Waals surface area contributed by atoms with Crippen molar-refractivity contribution in [2.24, 2.45) is 0 Å². The van der Waals surface area contributed by atoms with Crippen molar-refractivity contribution in [2.75, 3.05) is 0 Å². The largest absolute Gasteiger partial charge is 0.556 e. The average Bonchev–Trinajstić information content (AvgIpc) is 3.19. The third kappa shape index (κ3) is 6.06. The van der Waals surface area contributed by atoms with Gasteiger partial charge in [0.2, 0.25) is 0 Å². The number of hydrogen-bond donors (Lipinski definition) is 1. The van der Waals surface area contributed by atoms with Gasteiger partial charge in [0, 0.05) is 18.3 Å². The molecule has 1 fully saturated rings. The van der Waals surface area contributed by atoms with Crippen LogP contribution in [0.15, 0.2) is 60.7 Å². The van der Waals surface area contributed by atoms with Crippen molar-refractivity contribution in [2.45, 2.75) is 84.5 Å². The number of unbranched alkanes of at least 4 members (excludes halogenated alkanes) is 4. The van der Waals surface area contributed by atoms with Crippen LogP contribution in [0.3, 0.4) is 0 Å². The molecule has 0 aromatic heterocycles. The molecule has 1 N–H and O–H groups in total. The summed E-state index contributed by atoms with van der Waals surface area (Å²) in [5, 5.41) is 0. The lowest BCUT2D eigenvalue weighted by Gasteiger charge is -2.43. The highest BCUT2D eigenvalue weighted by Crippen LogP contribution is 2.36. The van der Waals surface area contributed by atoms with Crippen molar-refractivity contribution in [3.8, 4) is 11.7 Å². The molecule has 1 saturated heterocycles. The summed E-state index contributed by atoms with van der Waals surface area (Å²) in [6, 6.07) is 22.0. The Bertz CT molecular complexity index is 844. The van der Waals surface area contributed by atoms with Crippen molar-refractivity contribution in [3.63, 3.8) is 0 Å². The molecule has 0 saturated carbocycles. The first kappa shape index (κ1) is 23.7. The second kappa shape index (κ2) is 11.6. The van der Waals surface area contributed by atoms with E-state index in [0.717, 1.165) is 12.7 Å². The summed E-state index contributed by atoms with van der Waals surface area (Å²) >= 11 is 0. The Kier molecular flexibility index (Phi) is 8.88. The van der Waals surface area contributed by atoms with E-state index < -0.39 is 6.28 Å². The Labute approximate surface area is 190 Å². The molecule has 1 heterocycles. The summed E-state index contributed by atoms with van der Waals surface area (Å²) in [5.41, 5.74) is 2.63. The summed E-state index contributed by atoms with van der Waals surface area (Å²) < 4.78 is 8.40. The second-order valence-electron chi connectivity index (χ2n) is 9.64. The molecule has 0 aliphatic carbocycles. The van der Waals surface area contributed by atoms with Crippen molar-refractivity contribution in [1.29, 1.82) is 0 Å². The quantitative estimate of drug-likeness (QED) is 0.301. The lowest BCUT2D eigenvalue weighted by Crippen LogP contribution is -3.25. The van der Waals surface area contributed by atoms with Gasteiger partial charge in [-0.25, -0.2) is 5.82 Å². The van der Waals surface area contributed by atoms with Crippen LogP contribution < -0.4 is 4.72 Å². The van der Waals surface area contributed by atoms with Crippen molar-refractivity contribution in [3.05, 3.63) is 71.8 Å². The predicted octanol–water partition coefficient (Wildman–Crippen LogP) is 6.00. The SMILES string of the molecule is CCCCCC#C[B-](C)(C)[NH+]1B(CCCC)O[C@H](c2ccccc2)[C@@H]1c1ccccc1. The fourth-order valence-corrected chi connectivity index (χ4v) is 5.06. The van der Waals surface area contributed by atoms with Gasteiger partial charge in [-0.3, -0.25) is 0 Å². The van der Waals surface area contributed by atoms with Gasteiger partial charge in [-0.2, -0.15) is 0 Å². The van der Waals surface area contributed by atoms with E-state index in [4.69, 9.17) is 4.65 Å². The van der Waals surface area contributed by atoms with Gasteiger partial charge in [0.1, 0.15) is 6.10 Å². The number of benzene rings is 2. The predicted molar refractivity (Wildman–Crippen MR) is 135 cm³/mol. The Hall–Kier alpha value is -1.95. The van der Waals surface area contributed by atoms with Crippen LogP contribution in [-0.4, -0.2) is 13.3 Å². The highest BCUT2D eigenvalue weighted by atomic mass is 16.5. The van der Waals surface area contributed by atoms with Crippen LogP contribution in [0.5, 0.6) is 0 Å². The minimum atomic E-state index is -0.972. The molecule has 0 spiro atoms. The summed E-state index contributed by atoms with van der Waals surface area (Å²) in [7, 11) is 0.176. The molecule has 1 aliphatic heterocycles. The van der Waals surface area contributed by atoms with Crippen LogP contribution in [0, 0.1) is 11.7 Å². The van der Waals surface area contributed by atoms with Crippen molar-refractivity contribution in [1.82, 2.24) is 0 Å². The van der Waals surface area contributed by atoms with Crippen LogP contribution in [0.2, 0.25) is 20.0 Å². The molecule has 3 rings (SSSR count). The molecular weight excluding hydrogens is 376 g/mol. The molecule has 1 unspecified atom stereocenters. The van der Waals surface area contributed by atoms with E-state index in [9.17, 15) is 0 Å². The van der Waals surface area contributed by atoms with Gasteiger partial charge < -0.3 is 9.38 Å². The van der Waals surface area contributed by atoms with E-state index in [1.165, 1.54) is 48.0 Å². The molecule has 0 radical (unpaired) electrons. The highest BCUT2D eigenvalue weighted by molar-refractivity contribution is 6.81. The highest BCUT2D eigenvalue weighted by Gasteiger charge is 2.52.